The van der Waals surface area contributed by atoms with Gasteiger partial charge in [0.1, 0.15) is 6.54 Å². The standard InChI is InChI=1S/C21H28N2O6S/c1-30(27,28)23-11-5-8-16-12-17(9-10-18(16)23)19(24)14-29-20(25)13-22-21(26)15-6-3-2-4-7-15/h9-10,12,15H,2-8,11,13-14H2,1H3,(H,22,26). The third-order valence-corrected chi connectivity index (χ3v) is 6.80. The van der Waals surface area contributed by atoms with Gasteiger partial charge >= 0.3 is 5.97 Å². The van der Waals surface area contributed by atoms with Gasteiger partial charge in [-0.3, -0.25) is 18.7 Å². The van der Waals surface area contributed by atoms with Crippen molar-refractivity contribution in [2.45, 2.75) is 44.9 Å². The molecule has 0 radical (unpaired) electrons. The van der Waals surface area contributed by atoms with Crippen LogP contribution in [0.25, 0.3) is 0 Å². The molecule has 0 aromatic heterocycles. The number of hydrogen-bond donors (Lipinski definition) is 1. The van der Waals surface area contributed by atoms with Gasteiger partial charge in [0.05, 0.1) is 11.9 Å². The number of rotatable bonds is 7. The van der Waals surface area contributed by atoms with Crippen LogP contribution >= 0.6 is 0 Å². The zero-order chi connectivity index (χ0) is 21.7. The molecule has 0 saturated heterocycles. The summed E-state index contributed by atoms with van der Waals surface area (Å²) in [6, 6.07) is 4.83. The lowest BCUT2D eigenvalue weighted by Gasteiger charge is -2.29. The number of hydrogen-bond acceptors (Lipinski definition) is 6. The Kier molecular flexibility index (Phi) is 7.12. The molecule has 0 spiro atoms. The first kappa shape index (κ1) is 22.3. The first-order chi connectivity index (χ1) is 14.3. The van der Waals surface area contributed by atoms with Gasteiger partial charge in [0.2, 0.25) is 15.9 Å². The van der Waals surface area contributed by atoms with E-state index in [2.05, 4.69) is 5.32 Å². The molecule has 1 amide bonds. The Hall–Kier alpha value is -2.42. The first-order valence-corrected chi connectivity index (χ1v) is 12.2. The van der Waals surface area contributed by atoms with E-state index in [0.717, 1.165) is 43.9 Å². The van der Waals surface area contributed by atoms with E-state index in [-0.39, 0.29) is 24.2 Å². The molecule has 9 heteroatoms. The van der Waals surface area contributed by atoms with Gasteiger partial charge < -0.3 is 10.1 Å². The molecule has 1 aliphatic carbocycles. The summed E-state index contributed by atoms with van der Waals surface area (Å²) in [6.07, 6.45) is 7.39. The van der Waals surface area contributed by atoms with Crippen LogP contribution in [0.5, 0.6) is 0 Å². The second kappa shape index (κ2) is 9.59. The van der Waals surface area contributed by atoms with Crippen molar-refractivity contribution in [2.24, 2.45) is 5.92 Å². The number of ketones is 1. The molecular formula is C21H28N2O6S. The summed E-state index contributed by atoms with van der Waals surface area (Å²) in [5, 5.41) is 2.59. The predicted molar refractivity (Wildman–Crippen MR) is 112 cm³/mol. The van der Waals surface area contributed by atoms with Crippen LogP contribution in [0.15, 0.2) is 18.2 Å². The number of ether oxygens (including phenoxy) is 1. The predicted octanol–water partition coefficient (Wildman–Crippen LogP) is 1.82. The number of aryl methyl sites for hydroxylation is 1. The smallest absolute Gasteiger partial charge is 0.325 e. The highest BCUT2D eigenvalue weighted by Crippen LogP contribution is 2.30. The zero-order valence-electron chi connectivity index (χ0n) is 17.2. The van der Waals surface area contributed by atoms with E-state index in [4.69, 9.17) is 4.74 Å². The lowest BCUT2D eigenvalue weighted by atomic mass is 9.89. The average molecular weight is 437 g/mol. The normalized spacial score (nSPS) is 17.2. The number of anilines is 1. The molecule has 1 heterocycles. The highest BCUT2D eigenvalue weighted by Gasteiger charge is 2.25. The molecule has 0 unspecified atom stereocenters. The van der Waals surface area contributed by atoms with E-state index in [9.17, 15) is 22.8 Å². The van der Waals surface area contributed by atoms with Crippen molar-refractivity contribution in [3.63, 3.8) is 0 Å². The fourth-order valence-corrected chi connectivity index (χ4v) is 5.03. The Morgan fingerprint density at radius 1 is 1.13 bits per heavy atom. The largest absolute Gasteiger partial charge is 0.456 e. The Morgan fingerprint density at radius 3 is 2.57 bits per heavy atom. The lowest BCUT2D eigenvalue weighted by molar-refractivity contribution is -0.143. The van der Waals surface area contributed by atoms with E-state index in [1.165, 1.54) is 4.31 Å². The zero-order valence-corrected chi connectivity index (χ0v) is 18.0. The summed E-state index contributed by atoms with van der Waals surface area (Å²) in [4.78, 5) is 36.4. The molecule has 3 rings (SSSR count). The number of carbonyl (C=O) groups excluding carboxylic acids is 3. The quantitative estimate of drug-likeness (QED) is 0.516. The number of fused-ring (bicyclic) bond motifs is 1. The summed E-state index contributed by atoms with van der Waals surface area (Å²) in [6.45, 7) is -0.258. The number of nitrogens with zero attached hydrogens (tertiary/aromatic N) is 1. The van der Waals surface area contributed by atoms with E-state index >= 15 is 0 Å². The number of benzene rings is 1. The first-order valence-electron chi connectivity index (χ1n) is 10.3. The Morgan fingerprint density at radius 2 is 1.87 bits per heavy atom. The Balaban J connectivity index is 1.51. The molecule has 30 heavy (non-hydrogen) atoms. The van der Waals surface area contributed by atoms with Crippen LogP contribution in [0.1, 0.15) is 54.4 Å². The van der Waals surface area contributed by atoms with Crippen molar-refractivity contribution < 1.29 is 27.5 Å². The van der Waals surface area contributed by atoms with E-state index in [1.54, 1.807) is 18.2 Å². The van der Waals surface area contributed by atoms with Gasteiger partial charge in [0.15, 0.2) is 12.4 Å². The lowest BCUT2D eigenvalue weighted by Crippen LogP contribution is -2.36. The van der Waals surface area contributed by atoms with E-state index < -0.39 is 22.6 Å². The van der Waals surface area contributed by atoms with E-state index in [1.807, 2.05) is 0 Å². The molecule has 1 aliphatic heterocycles. The van der Waals surface area contributed by atoms with Gasteiger partial charge in [-0.05, 0) is 49.4 Å². The number of amides is 1. The topological polar surface area (TPSA) is 110 Å². The highest BCUT2D eigenvalue weighted by molar-refractivity contribution is 7.92. The van der Waals surface area contributed by atoms with Crippen molar-refractivity contribution in [2.75, 3.05) is 30.3 Å². The van der Waals surface area contributed by atoms with Gasteiger partial charge in [-0.2, -0.15) is 0 Å². The second-order valence-electron chi connectivity index (χ2n) is 7.92. The minimum atomic E-state index is -3.37. The SMILES string of the molecule is CS(=O)(=O)N1CCCc2cc(C(=O)COC(=O)CNC(=O)C3CCCCC3)ccc21. The monoisotopic (exact) mass is 436 g/mol. The van der Waals surface area contributed by atoms with Crippen LogP contribution in [0.4, 0.5) is 5.69 Å². The van der Waals surface area contributed by atoms with Crippen molar-refractivity contribution in [3.05, 3.63) is 29.3 Å². The maximum Gasteiger partial charge on any atom is 0.325 e. The van der Waals surface area contributed by atoms with Crippen LogP contribution < -0.4 is 9.62 Å². The third kappa shape index (κ3) is 5.59. The number of esters is 1. The Labute approximate surface area is 177 Å². The molecule has 1 N–H and O–H groups in total. The molecule has 1 saturated carbocycles. The van der Waals surface area contributed by atoms with Crippen molar-refractivity contribution in [3.8, 4) is 0 Å². The van der Waals surface area contributed by atoms with Crippen LogP contribution in [-0.2, 0) is 30.8 Å². The Bertz CT molecular complexity index is 921. The molecule has 2 aliphatic rings. The summed E-state index contributed by atoms with van der Waals surface area (Å²) >= 11 is 0. The van der Waals surface area contributed by atoms with Crippen LogP contribution in [0.3, 0.4) is 0 Å². The maximum atomic E-state index is 12.4. The molecule has 8 nitrogen and oxygen atoms in total. The molecule has 0 atom stereocenters. The van der Waals surface area contributed by atoms with Crippen molar-refractivity contribution in [1.82, 2.24) is 5.32 Å². The molecule has 164 valence electrons. The number of sulfonamides is 1. The van der Waals surface area contributed by atoms with Gasteiger partial charge in [-0.25, -0.2) is 8.42 Å². The summed E-state index contributed by atoms with van der Waals surface area (Å²) in [5.74, 6) is -1.21. The highest BCUT2D eigenvalue weighted by atomic mass is 32.2. The van der Waals surface area contributed by atoms with Gasteiger partial charge in [0, 0.05) is 18.0 Å². The van der Waals surface area contributed by atoms with Gasteiger partial charge in [-0.1, -0.05) is 19.3 Å². The van der Waals surface area contributed by atoms with Gasteiger partial charge in [-0.15, -0.1) is 0 Å². The molecular weight excluding hydrogens is 408 g/mol. The number of Topliss-reactive ketones (excluding diaryl/α,β-unsaturated/α-hetero) is 1. The van der Waals surface area contributed by atoms with Crippen molar-refractivity contribution in [1.29, 1.82) is 0 Å². The summed E-state index contributed by atoms with van der Waals surface area (Å²) < 4.78 is 30.2. The molecule has 1 aromatic carbocycles. The summed E-state index contributed by atoms with van der Waals surface area (Å²) in [5.41, 5.74) is 1.73. The number of carbonyl (C=O) groups is 3. The second-order valence-corrected chi connectivity index (χ2v) is 9.83. The average Bonchev–Trinajstić information content (AvgIpc) is 2.74. The molecule has 0 bridgehead atoms. The minimum Gasteiger partial charge on any atom is -0.456 e. The minimum absolute atomic E-state index is 0.0461. The van der Waals surface area contributed by atoms with Crippen LogP contribution in [0.2, 0.25) is 0 Å². The fraction of sp³-hybridized carbons (Fsp3) is 0.571. The molecule has 1 fully saturated rings. The van der Waals surface area contributed by atoms with Crippen molar-refractivity contribution >= 4 is 33.4 Å². The summed E-state index contributed by atoms with van der Waals surface area (Å²) in [7, 11) is -3.37. The number of nitrogens with one attached hydrogen (secondary N) is 1. The fourth-order valence-electron chi connectivity index (χ4n) is 4.03. The van der Waals surface area contributed by atoms with Gasteiger partial charge in [0.25, 0.3) is 0 Å². The molecule has 1 aromatic rings. The van der Waals surface area contributed by atoms with Crippen LogP contribution in [0, 0.1) is 5.92 Å². The maximum absolute atomic E-state index is 12.4. The van der Waals surface area contributed by atoms with Crippen LogP contribution in [-0.4, -0.2) is 52.0 Å². The third-order valence-electron chi connectivity index (χ3n) is 5.62. The van der Waals surface area contributed by atoms with E-state index in [0.29, 0.717) is 30.6 Å².